The molecule has 2 aromatic rings. The summed E-state index contributed by atoms with van der Waals surface area (Å²) in [5.74, 6) is 0.826. The van der Waals surface area contributed by atoms with E-state index in [0.717, 1.165) is 29.9 Å². The lowest BCUT2D eigenvalue weighted by Crippen LogP contribution is -2.29. The summed E-state index contributed by atoms with van der Waals surface area (Å²) in [6.45, 7) is 3.29. The number of aromatic nitrogens is 2. The minimum absolute atomic E-state index is 0.197. The van der Waals surface area contributed by atoms with Gasteiger partial charge in [0.2, 0.25) is 16.4 Å². The van der Waals surface area contributed by atoms with Crippen LogP contribution in [0.1, 0.15) is 18.5 Å². The molecule has 0 atom stereocenters. The molecule has 152 valence electrons. The van der Waals surface area contributed by atoms with Gasteiger partial charge in [0.1, 0.15) is 18.4 Å². The molecule has 29 heavy (non-hydrogen) atoms. The van der Waals surface area contributed by atoms with Crippen molar-refractivity contribution in [3.05, 3.63) is 60.3 Å². The van der Waals surface area contributed by atoms with E-state index in [1.54, 1.807) is 13.2 Å². The van der Waals surface area contributed by atoms with Crippen LogP contribution in [0.15, 0.2) is 59.6 Å². The highest BCUT2D eigenvalue weighted by atomic mass is 32.2. The minimum atomic E-state index is -3.22. The van der Waals surface area contributed by atoms with E-state index in [1.165, 1.54) is 4.31 Å². The van der Waals surface area contributed by atoms with Crippen LogP contribution < -0.4 is 13.6 Å². The third-order valence-corrected chi connectivity index (χ3v) is 7.01. The number of sulfonamides is 1. The van der Waals surface area contributed by atoms with Crippen molar-refractivity contribution in [2.24, 2.45) is 4.99 Å². The van der Waals surface area contributed by atoms with Gasteiger partial charge in [-0.2, -0.15) is 4.57 Å². The molecule has 8 heteroatoms. The Labute approximate surface area is 171 Å². The second-order valence-corrected chi connectivity index (χ2v) is 9.21. The number of allylic oxidation sites excluding steroid dienone is 3. The van der Waals surface area contributed by atoms with Crippen molar-refractivity contribution >= 4 is 21.9 Å². The lowest BCUT2D eigenvalue weighted by Gasteiger charge is -2.18. The maximum Gasteiger partial charge on any atom is 0.249 e. The molecule has 2 aliphatic heterocycles. The van der Waals surface area contributed by atoms with E-state index in [9.17, 15) is 8.42 Å². The summed E-state index contributed by atoms with van der Waals surface area (Å²) < 4.78 is 35.7. The van der Waals surface area contributed by atoms with Gasteiger partial charge in [-0.3, -0.25) is 9.30 Å². The third-order valence-electron chi connectivity index (χ3n) is 5.14. The third kappa shape index (κ3) is 3.98. The molecule has 4 rings (SSSR count). The van der Waals surface area contributed by atoms with E-state index >= 15 is 0 Å². The van der Waals surface area contributed by atoms with Crippen LogP contribution in [0.2, 0.25) is 0 Å². The first-order valence-corrected chi connectivity index (χ1v) is 11.2. The Balaban J connectivity index is 1.65. The molecule has 0 saturated carbocycles. The molecule has 0 aliphatic carbocycles. The lowest BCUT2D eigenvalue weighted by molar-refractivity contribution is -0.595. The second-order valence-electron chi connectivity index (χ2n) is 7.19. The number of aliphatic imine (C=N–C) groups is 1. The van der Waals surface area contributed by atoms with Crippen LogP contribution in [0.3, 0.4) is 0 Å². The van der Waals surface area contributed by atoms with Gasteiger partial charge in [-0.05, 0) is 18.6 Å². The normalized spacial score (nSPS) is 18.0. The average molecular weight is 414 g/mol. The van der Waals surface area contributed by atoms with Crippen molar-refractivity contribution in [1.82, 2.24) is 4.57 Å². The minimum Gasteiger partial charge on any atom is -0.492 e. The Kier molecular flexibility index (Phi) is 5.27. The Bertz CT molecular complexity index is 1110. The predicted octanol–water partition coefficient (Wildman–Crippen LogP) is 2.54. The molecule has 0 unspecified atom stereocenters. The topological polar surface area (TPSA) is 67.8 Å². The number of ether oxygens (including phenoxy) is 1. The van der Waals surface area contributed by atoms with E-state index in [1.807, 2.05) is 41.6 Å². The maximum absolute atomic E-state index is 12.2. The number of imidazole rings is 1. The summed E-state index contributed by atoms with van der Waals surface area (Å²) in [5, 5.41) is 0. The molecule has 0 spiro atoms. The van der Waals surface area contributed by atoms with Gasteiger partial charge in [0.15, 0.2) is 11.4 Å². The molecule has 1 aromatic carbocycles. The number of benzene rings is 1. The molecule has 0 radical (unpaired) electrons. The Morgan fingerprint density at radius 3 is 2.93 bits per heavy atom. The fourth-order valence-corrected chi connectivity index (χ4v) is 5.19. The Morgan fingerprint density at radius 1 is 1.31 bits per heavy atom. The zero-order chi connectivity index (χ0) is 20.4. The van der Waals surface area contributed by atoms with Crippen LogP contribution in [-0.4, -0.2) is 38.6 Å². The van der Waals surface area contributed by atoms with Crippen molar-refractivity contribution in [2.75, 3.05) is 23.7 Å². The van der Waals surface area contributed by atoms with Gasteiger partial charge < -0.3 is 4.74 Å². The molecular weight excluding hydrogens is 388 g/mol. The van der Waals surface area contributed by atoms with Gasteiger partial charge in [0, 0.05) is 43.9 Å². The highest BCUT2D eigenvalue weighted by Gasteiger charge is 2.29. The SMILES string of the molecule is COc1cc(N2CCCS2(=O)=O)ccc1-[n+]1cc(C)n(CC2=CN=CCC=C2)c1. The number of hydrogen-bond donors (Lipinski definition) is 0. The quantitative estimate of drug-likeness (QED) is 0.708. The van der Waals surface area contributed by atoms with Gasteiger partial charge in [-0.25, -0.2) is 13.0 Å². The molecule has 1 aromatic heterocycles. The summed E-state index contributed by atoms with van der Waals surface area (Å²) in [6.07, 6.45) is 13.5. The van der Waals surface area contributed by atoms with Crippen molar-refractivity contribution in [3.63, 3.8) is 0 Å². The van der Waals surface area contributed by atoms with Crippen LogP contribution in [0, 0.1) is 6.92 Å². The number of hydrogen-bond acceptors (Lipinski definition) is 4. The van der Waals surface area contributed by atoms with Crippen molar-refractivity contribution in [1.29, 1.82) is 0 Å². The molecule has 1 saturated heterocycles. The highest BCUT2D eigenvalue weighted by Crippen LogP contribution is 2.30. The van der Waals surface area contributed by atoms with E-state index in [-0.39, 0.29) is 5.75 Å². The maximum atomic E-state index is 12.2. The highest BCUT2D eigenvalue weighted by molar-refractivity contribution is 7.93. The fourth-order valence-electron chi connectivity index (χ4n) is 3.63. The van der Waals surface area contributed by atoms with Crippen LogP contribution in [0.5, 0.6) is 5.75 Å². The van der Waals surface area contributed by atoms with Gasteiger partial charge >= 0.3 is 0 Å². The standard InChI is InChI=1S/C21H25N4O3S/c1-17-14-24(16-23(17)15-18-6-3-4-9-22-13-18)20-8-7-19(12-21(20)28-2)25-10-5-11-29(25,26)27/h3,6-9,12-14,16H,4-5,10-11,15H2,1-2H3/q+1. The fraction of sp³-hybridized carbons (Fsp3) is 0.333. The summed E-state index contributed by atoms with van der Waals surface area (Å²) >= 11 is 0. The van der Waals surface area contributed by atoms with Gasteiger partial charge in [-0.15, -0.1) is 0 Å². The predicted molar refractivity (Wildman–Crippen MR) is 113 cm³/mol. The Hall–Kier alpha value is -2.87. The molecule has 7 nitrogen and oxygen atoms in total. The van der Waals surface area contributed by atoms with E-state index in [4.69, 9.17) is 4.74 Å². The van der Waals surface area contributed by atoms with Crippen LogP contribution in [0.4, 0.5) is 5.69 Å². The molecule has 0 bridgehead atoms. The summed E-state index contributed by atoms with van der Waals surface area (Å²) in [7, 11) is -1.62. The average Bonchev–Trinajstić information content (AvgIpc) is 3.12. The summed E-state index contributed by atoms with van der Waals surface area (Å²) in [4.78, 5) is 4.29. The molecule has 0 amide bonds. The van der Waals surface area contributed by atoms with Crippen molar-refractivity contribution < 1.29 is 17.7 Å². The zero-order valence-electron chi connectivity index (χ0n) is 16.7. The number of rotatable bonds is 5. The number of anilines is 1. The zero-order valence-corrected chi connectivity index (χ0v) is 17.5. The van der Waals surface area contributed by atoms with E-state index in [0.29, 0.717) is 24.4 Å². The van der Waals surface area contributed by atoms with Gasteiger partial charge in [0.05, 0.1) is 18.6 Å². The largest absolute Gasteiger partial charge is 0.492 e. The van der Waals surface area contributed by atoms with E-state index < -0.39 is 10.0 Å². The van der Waals surface area contributed by atoms with Gasteiger partial charge in [0.25, 0.3) is 0 Å². The van der Waals surface area contributed by atoms with Gasteiger partial charge in [-0.1, -0.05) is 12.2 Å². The van der Waals surface area contributed by atoms with Crippen molar-refractivity contribution in [2.45, 2.75) is 26.3 Å². The number of aryl methyl sites for hydroxylation is 1. The Morgan fingerprint density at radius 2 is 2.17 bits per heavy atom. The van der Waals surface area contributed by atoms with Crippen molar-refractivity contribution in [3.8, 4) is 11.4 Å². The van der Waals surface area contributed by atoms with E-state index in [2.05, 4.69) is 28.6 Å². The number of nitrogens with zero attached hydrogens (tertiary/aromatic N) is 4. The first kappa shape index (κ1) is 19.4. The lowest BCUT2D eigenvalue weighted by atomic mass is 10.2. The molecule has 0 N–H and O–H groups in total. The second kappa shape index (κ2) is 7.87. The van der Waals surface area contributed by atoms with Crippen LogP contribution in [-0.2, 0) is 16.6 Å². The molecule has 3 heterocycles. The first-order valence-electron chi connectivity index (χ1n) is 9.62. The molecule has 1 fully saturated rings. The van der Waals surface area contributed by atoms with Crippen LogP contribution >= 0.6 is 0 Å². The monoisotopic (exact) mass is 413 g/mol. The first-order chi connectivity index (χ1) is 14.0. The van der Waals surface area contributed by atoms with Crippen LogP contribution in [0.25, 0.3) is 5.69 Å². The number of methoxy groups -OCH3 is 1. The summed E-state index contributed by atoms with van der Waals surface area (Å²) in [6, 6.07) is 5.54. The summed E-state index contributed by atoms with van der Waals surface area (Å²) in [5.41, 5.74) is 3.73. The smallest absolute Gasteiger partial charge is 0.249 e. The molecular formula is C21H25N4O3S+. The molecule has 2 aliphatic rings.